The number of aliphatic hydroxyl groups excluding tert-OH is 2. The highest BCUT2D eigenvalue weighted by Gasteiger charge is 2.60. The molecule has 8 nitrogen and oxygen atoms in total. The number of fused-ring (bicyclic) bond motifs is 2. The van der Waals surface area contributed by atoms with Crippen molar-refractivity contribution in [1.82, 2.24) is 9.55 Å². The molecular weight excluding hydrogens is 280 g/mol. The molecule has 3 heterocycles. The fraction of sp³-hybridized carbons (Fsp3) is 0.692. The maximum atomic E-state index is 12.0. The highest BCUT2D eigenvalue weighted by Crippen LogP contribution is 2.45. The van der Waals surface area contributed by atoms with Crippen molar-refractivity contribution in [3.63, 3.8) is 0 Å². The van der Waals surface area contributed by atoms with Crippen LogP contribution in [0.4, 0.5) is 0 Å². The Hall–Kier alpha value is -1.48. The largest absolute Gasteiger partial charge is 0.393 e. The smallest absolute Gasteiger partial charge is 0.330 e. The molecule has 1 aromatic heterocycles. The van der Waals surface area contributed by atoms with Gasteiger partial charge in [-0.25, -0.2) is 4.79 Å². The third-order valence-electron chi connectivity index (χ3n) is 4.20. The Kier molecular flexibility index (Phi) is 3.28. The van der Waals surface area contributed by atoms with Gasteiger partial charge in [-0.3, -0.25) is 14.3 Å². The summed E-state index contributed by atoms with van der Waals surface area (Å²) >= 11 is 0. The van der Waals surface area contributed by atoms with Gasteiger partial charge in [0, 0.05) is 18.2 Å². The summed E-state index contributed by atoms with van der Waals surface area (Å²) in [4.78, 5) is 25.6. The molecule has 21 heavy (non-hydrogen) atoms. The molecule has 0 amide bonds. The molecule has 8 heteroatoms. The molecule has 0 unspecified atom stereocenters. The molecule has 0 saturated carbocycles. The number of aryl methyl sites for hydroxylation is 1. The van der Waals surface area contributed by atoms with Crippen molar-refractivity contribution < 1.29 is 19.7 Å². The van der Waals surface area contributed by atoms with E-state index in [2.05, 4.69) is 4.98 Å². The van der Waals surface area contributed by atoms with Crippen LogP contribution in [0.5, 0.6) is 0 Å². The summed E-state index contributed by atoms with van der Waals surface area (Å²) in [5, 5.41) is 19.9. The van der Waals surface area contributed by atoms with Crippen LogP contribution in [-0.2, 0) is 9.47 Å². The molecule has 2 fully saturated rings. The summed E-state index contributed by atoms with van der Waals surface area (Å²) in [6.45, 7) is 3.01. The van der Waals surface area contributed by atoms with E-state index in [1.807, 2.05) is 6.92 Å². The predicted octanol–water partition coefficient (Wildman–Crippen LogP) is -1.36. The van der Waals surface area contributed by atoms with Crippen molar-refractivity contribution >= 4 is 0 Å². The molecule has 1 aromatic rings. The van der Waals surface area contributed by atoms with Crippen molar-refractivity contribution in [2.45, 2.75) is 50.4 Å². The lowest BCUT2D eigenvalue weighted by molar-refractivity contribution is -0.161. The van der Waals surface area contributed by atoms with Crippen molar-refractivity contribution in [2.75, 3.05) is 6.61 Å². The van der Waals surface area contributed by atoms with Gasteiger partial charge in [0.1, 0.15) is 17.8 Å². The number of aromatic nitrogens is 2. The maximum Gasteiger partial charge on any atom is 0.330 e. The second kappa shape index (κ2) is 4.77. The summed E-state index contributed by atoms with van der Waals surface area (Å²) in [6, 6.07) is 0. The van der Waals surface area contributed by atoms with Crippen LogP contribution < -0.4 is 11.2 Å². The van der Waals surface area contributed by atoms with Crippen LogP contribution in [0.15, 0.2) is 15.8 Å². The van der Waals surface area contributed by atoms with Gasteiger partial charge in [0.05, 0.1) is 12.7 Å². The second-order valence-corrected chi connectivity index (χ2v) is 5.77. The van der Waals surface area contributed by atoms with Gasteiger partial charge in [-0.1, -0.05) is 0 Å². The van der Waals surface area contributed by atoms with Crippen LogP contribution in [-0.4, -0.2) is 50.3 Å². The van der Waals surface area contributed by atoms with Crippen molar-refractivity contribution in [3.8, 4) is 0 Å². The van der Waals surface area contributed by atoms with E-state index >= 15 is 0 Å². The maximum absolute atomic E-state index is 12.0. The molecule has 0 aromatic carbocycles. The minimum atomic E-state index is -1.14. The lowest BCUT2D eigenvalue weighted by Gasteiger charge is -2.37. The van der Waals surface area contributed by atoms with E-state index < -0.39 is 35.3 Å². The van der Waals surface area contributed by atoms with Gasteiger partial charge in [0.2, 0.25) is 0 Å². The lowest BCUT2D eigenvalue weighted by Crippen LogP contribution is -2.53. The zero-order valence-corrected chi connectivity index (χ0v) is 11.8. The molecule has 2 saturated heterocycles. The predicted molar refractivity (Wildman–Crippen MR) is 71.0 cm³/mol. The number of aromatic amines is 1. The molecule has 3 rings (SSSR count). The summed E-state index contributed by atoms with van der Waals surface area (Å²) in [6.07, 6.45) is -1.21. The number of H-pyrrole nitrogens is 1. The van der Waals surface area contributed by atoms with Crippen LogP contribution in [0.1, 0.15) is 25.1 Å². The molecule has 5 atom stereocenters. The molecule has 0 radical (unpaired) electrons. The monoisotopic (exact) mass is 298 g/mol. The van der Waals surface area contributed by atoms with Gasteiger partial charge < -0.3 is 19.7 Å². The topological polar surface area (TPSA) is 114 Å². The van der Waals surface area contributed by atoms with Gasteiger partial charge >= 0.3 is 5.69 Å². The summed E-state index contributed by atoms with van der Waals surface area (Å²) in [7, 11) is 0. The number of hydrogen-bond donors (Lipinski definition) is 3. The SMILES string of the molecule is Cc1cn([C@@H]2O[C@@]3(CO)C[C@@H](C)O[C@@H]2[C@@H]3O)c(=O)[nH]c1=O. The van der Waals surface area contributed by atoms with Gasteiger partial charge in [-0.2, -0.15) is 0 Å². The van der Waals surface area contributed by atoms with E-state index in [1.165, 1.54) is 10.8 Å². The Labute approximate surface area is 119 Å². The molecule has 3 N–H and O–H groups in total. The molecule has 116 valence electrons. The number of rotatable bonds is 2. The van der Waals surface area contributed by atoms with Gasteiger partial charge in [0.25, 0.3) is 5.56 Å². The number of hydrogen-bond acceptors (Lipinski definition) is 6. The molecule has 2 aliphatic rings. The fourth-order valence-corrected chi connectivity index (χ4v) is 3.13. The Morgan fingerprint density at radius 3 is 2.90 bits per heavy atom. The fourth-order valence-electron chi connectivity index (χ4n) is 3.13. The lowest BCUT2D eigenvalue weighted by atomic mass is 9.87. The molecular formula is C13H18N2O6. The Morgan fingerprint density at radius 2 is 2.24 bits per heavy atom. The number of nitrogens with zero attached hydrogens (tertiary/aromatic N) is 1. The Balaban J connectivity index is 2.07. The minimum Gasteiger partial charge on any atom is -0.393 e. The quantitative estimate of drug-likeness (QED) is 0.621. The first-order chi connectivity index (χ1) is 9.88. The van der Waals surface area contributed by atoms with E-state index in [4.69, 9.17) is 9.47 Å². The third-order valence-corrected chi connectivity index (χ3v) is 4.20. The van der Waals surface area contributed by atoms with Crippen LogP contribution in [0, 0.1) is 6.92 Å². The second-order valence-electron chi connectivity index (χ2n) is 5.77. The molecule has 0 spiro atoms. The highest BCUT2D eigenvalue weighted by molar-refractivity contribution is 5.08. The van der Waals surface area contributed by atoms with Gasteiger partial charge in [0.15, 0.2) is 6.23 Å². The summed E-state index contributed by atoms with van der Waals surface area (Å²) in [5.74, 6) is 0. The average molecular weight is 298 g/mol. The van der Waals surface area contributed by atoms with E-state index in [0.717, 1.165) is 0 Å². The zero-order valence-electron chi connectivity index (χ0n) is 11.8. The van der Waals surface area contributed by atoms with Crippen LogP contribution in [0.25, 0.3) is 0 Å². The van der Waals surface area contributed by atoms with E-state index in [0.29, 0.717) is 12.0 Å². The van der Waals surface area contributed by atoms with E-state index in [1.54, 1.807) is 6.92 Å². The highest BCUT2D eigenvalue weighted by atomic mass is 16.6. The first-order valence-corrected chi connectivity index (χ1v) is 6.82. The first kappa shape index (κ1) is 14.5. The molecule has 2 aliphatic heterocycles. The molecule has 0 aliphatic carbocycles. The van der Waals surface area contributed by atoms with E-state index in [9.17, 15) is 19.8 Å². The van der Waals surface area contributed by atoms with Crippen LogP contribution in [0.2, 0.25) is 0 Å². The van der Waals surface area contributed by atoms with Gasteiger partial charge in [-0.05, 0) is 13.8 Å². The van der Waals surface area contributed by atoms with Crippen molar-refractivity contribution in [3.05, 3.63) is 32.6 Å². The van der Waals surface area contributed by atoms with Crippen molar-refractivity contribution in [1.29, 1.82) is 0 Å². The first-order valence-electron chi connectivity index (χ1n) is 6.82. The number of ether oxygens (including phenoxy) is 2. The number of nitrogens with one attached hydrogen (secondary N) is 1. The number of aliphatic hydroxyl groups is 2. The average Bonchev–Trinajstić information content (AvgIpc) is 2.60. The Bertz CT molecular complexity index is 667. The minimum absolute atomic E-state index is 0.213. The standard InChI is InChI=1S/C13H18N2O6/c1-6-4-15(12(19)14-10(6)18)11-8-9(17)13(5-16,21-11)3-7(2)20-8/h4,7-9,11,16-17H,3,5H2,1-2H3,(H,14,18,19)/t7-,8-,9+,11-,13-/m1/s1. The van der Waals surface area contributed by atoms with Crippen molar-refractivity contribution in [2.24, 2.45) is 0 Å². The summed E-state index contributed by atoms with van der Waals surface area (Å²) < 4.78 is 12.6. The normalized spacial score (nSPS) is 38.7. The van der Waals surface area contributed by atoms with Crippen LogP contribution in [0.3, 0.4) is 0 Å². The van der Waals surface area contributed by atoms with Crippen LogP contribution >= 0.6 is 0 Å². The Morgan fingerprint density at radius 1 is 1.52 bits per heavy atom. The van der Waals surface area contributed by atoms with E-state index in [-0.39, 0.29) is 12.7 Å². The van der Waals surface area contributed by atoms with Gasteiger partial charge in [-0.15, -0.1) is 0 Å². The summed E-state index contributed by atoms with van der Waals surface area (Å²) in [5.41, 5.74) is -1.90. The third kappa shape index (κ3) is 2.06. The molecule has 2 bridgehead atoms. The zero-order chi connectivity index (χ0) is 15.4.